The third-order valence-electron chi connectivity index (χ3n) is 1.30. The minimum atomic E-state index is -3.61. The van der Waals surface area contributed by atoms with Gasteiger partial charge in [0, 0.05) is 22.4 Å². The van der Waals surface area contributed by atoms with Gasteiger partial charge in [-0.25, -0.2) is 8.42 Å². The van der Waals surface area contributed by atoms with E-state index in [0.717, 1.165) is 0 Å². The molecule has 0 radical (unpaired) electrons. The zero-order valence-corrected chi connectivity index (χ0v) is 8.05. The summed E-state index contributed by atoms with van der Waals surface area (Å²) in [7, 11) is 1.40. The van der Waals surface area contributed by atoms with E-state index in [0.29, 0.717) is 11.8 Å². The van der Waals surface area contributed by atoms with Crippen molar-refractivity contribution in [2.24, 2.45) is 0 Å². The molecule has 0 amide bonds. The lowest BCUT2D eigenvalue weighted by Gasteiger charge is -1.96. The van der Waals surface area contributed by atoms with Gasteiger partial charge in [0.2, 0.25) is 9.05 Å². The molecule has 4 nitrogen and oxygen atoms in total. The first-order valence-corrected chi connectivity index (χ1v) is 5.81. The smallest absolute Gasteiger partial charge is 0.238 e. The average Bonchev–Trinajstić information content (AvgIpc) is 2.01. The molecule has 0 N–H and O–H groups in total. The Labute approximate surface area is 80.0 Å². The summed E-state index contributed by atoms with van der Waals surface area (Å²) >= 11 is 0. The molecule has 0 aliphatic carbocycles. The Morgan fingerprint density at radius 2 is 2.23 bits per heavy atom. The molecule has 0 aliphatic heterocycles. The van der Waals surface area contributed by atoms with Crippen LogP contribution < -0.4 is 0 Å². The van der Waals surface area contributed by atoms with Crippen molar-refractivity contribution in [3.8, 4) is 0 Å². The molecule has 1 heterocycles. The van der Waals surface area contributed by atoms with Crippen LogP contribution in [0.1, 0.15) is 16.1 Å². The van der Waals surface area contributed by atoms with Crippen LogP contribution >= 0.6 is 10.7 Å². The summed E-state index contributed by atoms with van der Waals surface area (Å²) in [5.74, 6) is -0.365. The molecule has 0 saturated carbocycles. The monoisotopic (exact) mass is 219 g/mol. The Morgan fingerprint density at radius 3 is 2.77 bits per heavy atom. The molecular formula is C7H6ClNO3S. The zero-order chi connectivity index (χ0) is 9.90. The highest BCUT2D eigenvalue weighted by atomic mass is 35.7. The SMILES string of the molecule is O=Cc1ccnc(CS(=O)(=O)Cl)c1. The number of hydrogen-bond acceptors (Lipinski definition) is 4. The number of nitrogens with zero attached hydrogens (tertiary/aromatic N) is 1. The quantitative estimate of drug-likeness (QED) is 0.561. The fourth-order valence-electron chi connectivity index (χ4n) is 0.826. The largest absolute Gasteiger partial charge is 0.298 e. The highest BCUT2D eigenvalue weighted by molar-refractivity contribution is 8.13. The molecule has 0 aliphatic rings. The van der Waals surface area contributed by atoms with Crippen molar-refractivity contribution in [2.45, 2.75) is 5.75 Å². The summed E-state index contributed by atoms with van der Waals surface area (Å²) in [6, 6.07) is 2.87. The summed E-state index contributed by atoms with van der Waals surface area (Å²) in [4.78, 5) is 14.1. The first-order chi connectivity index (χ1) is 6.01. The van der Waals surface area contributed by atoms with Gasteiger partial charge in [-0.1, -0.05) is 0 Å². The van der Waals surface area contributed by atoms with Gasteiger partial charge in [0.25, 0.3) is 0 Å². The van der Waals surface area contributed by atoms with Crippen LogP contribution in [0, 0.1) is 0 Å². The number of carbonyl (C=O) groups excluding carboxylic acids is 1. The molecule has 0 aromatic carbocycles. The van der Waals surface area contributed by atoms with E-state index >= 15 is 0 Å². The standard InChI is InChI=1S/C7H6ClNO3S/c8-13(11,12)5-7-3-6(4-10)1-2-9-7/h1-4H,5H2. The number of halogens is 1. The van der Waals surface area contributed by atoms with Gasteiger partial charge in [-0.15, -0.1) is 0 Å². The molecule has 70 valence electrons. The molecule has 0 saturated heterocycles. The van der Waals surface area contributed by atoms with E-state index in [-0.39, 0.29) is 11.4 Å². The lowest BCUT2D eigenvalue weighted by molar-refractivity contribution is 0.112. The molecule has 0 unspecified atom stereocenters. The molecule has 0 spiro atoms. The topological polar surface area (TPSA) is 64.1 Å². The number of carbonyl (C=O) groups is 1. The summed E-state index contributed by atoms with van der Waals surface area (Å²) in [6.07, 6.45) is 1.98. The molecule has 1 rings (SSSR count). The normalized spacial score (nSPS) is 11.2. The maximum atomic E-state index is 10.6. The lowest BCUT2D eigenvalue weighted by atomic mass is 10.2. The van der Waals surface area contributed by atoms with Gasteiger partial charge in [-0.3, -0.25) is 9.78 Å². The molecule has 6 heteroatoms. The Morgan fingerprint density at radius 1 is 1.54 bits per heavy atom. The van der Waals surface area contributed by atoms with Gasteiger partial charge in [-0.05, 0) is 12.1 Å². The maximum absolute atomic E-state index is 10.6. The highest BCUT2D eigenvalue weighted by Gasteiger charge is 2.08. The second-order valence-corrected chi connectivity index (χ2v) is 5.16. The van der Waals surface area contributed by atoms with E-state index in [2.05, 4.69) is 4.98 Å². The van der Waals surface area contributed by atoms with Crippen molar-refractivity contribution in [2.75, 3.05) is 0 Å². The van der Waals surface area contributed by atoms with Crippen LogP contribution in [0.4, 0.5) is 0 Å². The van der Waals surface area contributed by atoms with Crippen LogP contribution in [0.15, 0.2) is 18.3 Å². The number of rotatable bonds is 3. The third kappa shape index (κ3) is 3.52. The molecule has 0 fully saturated rings. The summed E-state index contributed by atoms with van der Waals surface area (Å²) < 4.78 is 21.3. The van der Waals surface area contributed by atoms with E-state index in [4.69, 9.17) is 10.7 Å². The Balaban J connectivity index is 2.96. The average molecular weight is 220 g/mol. The van der Waals surface area contributed by atoms with Crippen molar-refractivity contribution >= 4 is 26.0 Å². The van der Waals surface area contributed by atoms with Gasteiger partial charge >= 0.3 is 0 Å². The number of aldehydes is 1. The van der Waals surface area contributed by atoms with Crippen molar-refractivity contribution in [1.82, 2.24) is 4.98 Å². The number of pyridine rings is 1. The number of aromatic nitrogens is 1. The van der Waals surface area contributed by atoms with E-state index < -0.39 is 9.05 Å². The van der Waals surface area contributed by atoms with Gasteiger partial charge < -0.3 is 0 Å². The van der Waals surface area contributed by atoms with E-state index in [1.807, 2.05) is 0 Å². The minimum Gasteiger partial charge on any atom is -0.298 e. The summed E-state index contributed by atoms with van der Waals surface area (Å²) in [5, 5.41) is 0. The number of hydrogen-bond donors (Lipinski definition) is 0. The van der Waals surface area contributed by atoms with Crippen LogP contribution in [-0.4, -0.2) is 19.7 Å². The van der Waals surface area contributed by atoms with Crippen LogP contribution in [-0.2, 0) is 14.8 Å². The van der Waals surface area contributed by atoms with Crippen molar-refractivity contribution in [3.05, 3.63) is 29.6 Å². The summed E-state index contributed by atoms with van der Waals surface area (Å²) in [5.41, 5.74) is 0.643. The molecular weight excluding hydrogens is 214 g/mol. The molecule has 0 atom stereocenters. The fraction of sp³-hybridized carbons (Fsp3) is 0.143. The third-order valence-corrected chi connectivity index (χ3v) is 2.26. The summed E-state index contributed by atoms with van der Waals surface area (Å²) in [6.45, 7) is 0. The second-order valence-electron chi connectivity index (χ2n) is 2.38. The van der Waals surface area contributed by atoms with Crippen molar-refractivity contribution in [3.63, 3.8) is 0 Å². The van der Waals surface area contributed by atoms with Gasteiger partial charge in [0.15, 0.2) is 0 Å². The van der Waals surface area contributed by atoms with Crippen LogP contribution in [0.3, 0.4) is 0 Å². The second kappa shape index (κ2) is 3.85. The molecule has 1 aromatic heterocycles. The predicted molar refractivity (Wildman–Crippen MR) is 48.1 cm³/mol. The fourth-order valence-corrected chi connectivity index (χ4v) is 1.67. The van der Waals surface area contributed by atoms with Crippen LogP contribution in [0.2, 0.25) is 0 Å². The van der Waals surface area contributed by atoms with Crippen molar-refractivity contribution < 1.29 is 13.2 Å². The van der Waals surface area contributed by atoms with E-state index in [1.54, 1.807) is 0 Å². The first-order valence-electron chi connectivity index (χ1n) is 3.34. The maximum Gasteiger partial charge on any atom is 0.238 e. The molecule has 13 heavy (non-hydrogen) atoms. The zero-order valence-electron chi connectivity index (χ0n) is 6.47. The van der Waals surface area contributed by atoms with Gasteiger partial charge in [0.05, 0.1) is 5.69 Å². The molecule has 0 bridgehead atoms. The molecule has 1 aromatic rings. The van der Waals surface area contributed by atoms with E-state index in [1.165, 1.54) is 18.3 Å². The lowest BCUT2D eigenvalue weighted by Crippen LogP contribution is -1.98. The van der Waals surface area contributed by atoms with Crippen molar-refractivity contribution in [1.29, 1.82) is 0 Å². The Hall–Kier alpha value is -0.940. The van der Waals surface area contributed by atoms with E-state index in [9.17, 15) is 13.2 Å². The van der Waals surface area contributed by atoms with Gasteiger partial charge in [-0.2, -0.15) is 0 Å². The first kappa shape index (κ1) is 10.1. The predicted octanol–water partition coefficient (Wildman–Crippen LogP) is 0.963. The Kier molecular flexibility index (Phi) is 3.00. The van der Waals surface area contributed by atoms with Crippen LogP contribution in [0.5, 0.6) is 0 Å². The van der Waals surface area contributed by atoms with Gasteiger partial charge in [0.1, 0.15) is 12.0 Å². The minimum absolute atomic E-state index is 0.264. The van der Waals surface area contributed by atoms with Crippen LogP contribution in [0.25, 0.3) is 0 Å². The Bertz CT molecular complexity index is 416. The highest BCUT2D eigenvalue weighted by Crippen LogP contribution is 2.07.